The van der Waals surface area contributed by atoms with Crippen LogP contribution in [-0.2, 0) is 0 Å². The fourth-order valence-electron chi connectivity index (χ4n) is 7.02. The van der Waals surface area contributed by atoms with Crippen molar-refractivity contribution >= 4 is 11.8 Å². The van der Waals surface area contributed by atoms with Crippen LogP contribution in [0.5, 0.6) is 11.5 Å². The van der Waals surface area contributed by atoms with Crippen LogP contribution in [0.4, 0.5) is 0 Å². The number of hydrogen-bond acceptors (Lipinski definition) is 3. The summed E-state index contributed by atoms with van der Waals surface area (Å²) in [4.78, 5) is 2.48. The van der Waals surface area contributed by atoms with Crippen molar-refractivity contribution in [1.29, 1.82) is 0 Å². The zero-order chi connectivity index (χ0) is 36.1. The molecule has 51 heavy (non-hydrogen) atoms. The van der Waals surface area contributed by atoms with Crippen molar-refractivity contribution in [2.24, 2.45) is 0 Å². The summed E-state index contributed by atoms with van der Waals surface area (Å²) in [5.74, 6) is 1.97. The van der Waals surface area contributed by atoms with E-state index >= 15 is 0 Å². The number of hydrogen-bond donors (Lipinski definition) is 0. The second kappa shape index (κ2) is 35.4. The van der Waals surface area contributed by atoms with Gasteiger partial charge >= 0.3 is 0 Å². The molecule has 2 nitrogen and oxygen atoms in total. The lowest BCUT2D eigenvalue weighted by molar-refractivity contribution is 0.304. The van der Waals surface area contributed by atoms with Gasteiger partial charge in [-0.1, -0.05) is 218 Å². The Bertz CT molecular complexity index is 892. The van der Waals surface area contributed by atoms with Crippen molar-refractivity contribution in [1.82, 2.24) is 0 Å². The van der Waals surface area contributed by atoms with Crippen LogP contribution < -0.4 is 9.47 Å². The second-order valence-electron chi connectivity index (χ2n) is 15.3. The van der Waals surface area contributed by atoms with Crippen molar-refractivity contribution in [3.8, 4) is 11.5 Å². The lowest BCUT2D eigenvalue weighted by Gasteiger charge is -2.09. The average Bonchev–Trinajstić information content (AvgIpc) is 3.15. The first-order valence-corrected chi connectivity index (χ1v) is 23.3. The maximum atomic E-state index is 6.03. The fraction of sp³-hybridized carbons (Fsp3) is 0.750. The van der Waals surface area contributed by atoms with Gasteiger partial charge in [0.25, 0.3) is 0 Å². The zero-order valence-electron chi connectivity index (χ0n) is 33.9. The Hall–Kier alpha value is -1.61. The Labute approximate surface area is 322 Å². The molecule has 3 heteroatoms. The number of benzene rings is 2. The van der Waals surface area contributed by atoms with E-state index in [0.29, 0.717) is 0 Å². The lowest BCUT2D eigenvalue weighted by atomic mass is 10.0. The molecule has 0 aromatic heterocycles. The highest BCUT2D eigenvalue weighted by Crippen LogP contribution is 2.30. The monoisotopic (exact) mass is 723 g/mol. The highest BCUT2D eigenvalue weighted by molar-refractivity contribution is 7.99. The minimum Gasteiger partial charge on any atom is -0.494 e. The molecule has 2 rings (SSSR count). The Kier molecular flexibility index (Phi) is 31.6. The minimum atomic E-state index is 0.825. The van der Waals surface area contributed by atoms with E-state index in [9.17, 15) is 0 Å². The van der Waals surface area contributed by atoms with E-state index in [-0.39, 0.29) is 0 Å². The third-order valence-corrected chi connectivity index (χ3v) is 11.4. The van der Waals surface area contributed by atoms with Crippen molar-refractivity contribution in [3.05, 3.63) is 48.5 Å². The smallest absolute Gasteiger partial charge is 0.119 e. The third-order valence-electron chi connectivity index (χ3n) is 10.4. The molecular weight excluding hydrogens is 641 g/mol. The molecule has 0 aliphatic heterocycles. The predicted octanol–water partition coefficient (Wildman–Crippen LogP) is 17.1. The van der Waals surface area contributed by atoms with E-state index in [2.05, 4.69) is 62.4 Å². The van der Waals surface area contributed by atoms with Gasteiger partial charge in [0, 0.05) is 9.79 Å². The Morgan fingerprint density at radius 2 is 0.510 bits per heavy atom. The van der Waals surface area contributed by atoms with Crippen LogP contribution in [0.3, 0.4) is 0 Å². The maximum absolute atomic E-state index is 6.03. The molecule has 2 aromatic carbocycles. The summed E-state index contributed by atoms with van der Waals surface area (Å²) in [5.41, 5.74) is 0. The summed E-state index contributed by atoms with van der Waals surface area (Å²) in [6.45, 7) is 6.25. The van der Waals surface area contributed by atoms with Gasteiger partial charge in [0.15, 0.2) is 0 Å². The lowest BCUT2D eigenvalue weighted by Crippen LogP contribution is -1.97. The number of ether oxygens (including phenoxy) is 2. The molecule has 0 amide bonds. The molecule has 0 aliphatic rings. The summed E-state index contributed by atoms with van der Waals surface area (Å²) in [6, 6.07) is 17.2. The maximum Gasteiger partial charge on any atom is 0.119 e. The van der Waals surface area contributed by atoms with Crippen molar-refractivity contribution in [3.63, 3.8) is 0 Å². The van der Waals surface area contributed by atoms with Gasteiger partial charge in [0.05, 0.1) is 13.2 Å². The molecule has 0 heterocycles. The van der Waals surface area contributed by atoms with Gasteiger partial charge in [0.1, 0.15) is 11.5 Å². The first-order valence-electron chi connectivity index (χ1n) is 22.5. The van der Waals surface area contributed by atoms with E-state index in [0.717, 1.165) is 37.6 Å². The van der Waals surface area contributed by atoms with Crippen LogP contribution in [0, 0.1) is 0 Å². The molecule has 0 radical (unpaired) electrons. The summed E-state index contributed by atoms with van der Waals surface area (Å²) in [5, 5.41) is 0. The van der Waals surface area contributed by atoms with Gasteiger partial charge in [0.2, 0.25) is 0 Å². The van der Waals surface area contributed by atoms with Gasteiger partial charge in [-0.05, 0) is 61.4 Å². The van der Waals surface area contributed by atoms with Crippen LogP contribution in [-0.4, -0.2) is 13.2 Å². The van der Waals surface area contributed by atoms with E-state index in [1.165, 1.54) is 202 Å². The molecule has 0 aliphatic carbocycles. The summed E-state index contributed by atoms with van der Waals surface area (Å²) >= 11 is 1.80. The van der Waals surface area contributed by atoms with E-state index < -0.39 is 0 Å². The van der Waals surface area contributed by atoms with Crippen LogP contribution in [0.1, 0.15) is 219 Å². The Morgan fingerprint density at radius 3 is 0.745 bits per heavy atom. The fourth-order valence-corrected chi connectivity index (χ4v) is 7.84. The second-order valence-corrected chi connectivity index (χ2v) is 16.5. The highest BCUT2D eigenvalue weighted by Gasteiger charge is 2.02. The van der Waals surface area contributed by atoms with Crippen LogP contribution >= 0.6 is 11.8 Å². The SMILES string of the molecule is CCCCCCCCCCCCCCCCCCOc1ccc(Sc2ccc(OCCCCCCCCCCCCCCCCCC)cc2)cc1. The van der Waals surface area contributed by atoms with E-state index in [4.69, 9.17) is 9.47 Å². The van der Waals surface area contributed by atoms with Gasteiger partial charge in [-0.3, -0.25) is 0 Å². The number of rotatable bonds is 38. The highest BCUT2D eigenvalue weighted by atomic mass is 32.2. The molecule has 0 unspecified atom stereocenters. The minimum absolute atomic E-state index is 0.825. The molecular formula is C48H82O2S. The predicted molar refractivity (Wildman–Crippen MR) is 227 cm³/mol. The molecule has 0 fully saturated rings. The third kappa shape index (κ3) is 28.6. The average molecular weight is 723 g/mol. The van der Waals surface area contributed by atoms with Crippen LogP contribution in [0.25, 0.3) is 0 Å². The van der Waals surface area contributed by atoms with Crippen LogP contribution in [0.2, 0.25) is 0 Å². The van der Waals surface area contributed by atoms with Gasteiger partial charge in [-0.2, -0.15) is 0 Å². The molecule has 0 saturated heterocycles. The van der Waals surface area contributed by atoms with E-state index in [1.54, 1.807) is 11.8 Å². The van der Waals surface area contributed by atoms with Crippen molar-refractivity contribution in [2.75, 3.05) is 13.2 Å². The first kappa shape index (κ1) is 45.5. The topological polar surface area (TPSA) is 18.5 Å². The molecule has 0 N–H and O–H groups in total. The van der Waals surface area contributed by atoms with Crippen molar-refractivity contribution < 1.29 is 9.47 Å². The Balaban J connectivity index is 1.36. The van der Waals surface area contributed by atoms with E-state index in [1.807, 2.05) is 0 Å². The summed E-state index contributed by atoms with van der Waals surface area (Å²) in [6.07, 6.45) is 44.8. The largest absolute Gasteiger partial charge is 0.494 e. The summed E-state index contributed by atoms with van der Waals surface area (Å²) in [7, 11) is 0. The standard InChI is InChI=1S/C48H82O2S/c1-3-5-7-9-11-13-15-17-19-21-23-25-27-29-31-33-43-49-45-35-39-47(40-36-45)51-48-41-37-46(38-42-48)50-44-34-32-30-28-26-24-22-20-18-16-14-12-10-8-6-4-2/h35-42H,3-34,43-44H2,1-2H3. The number of unbranched alkanes of at least 4 members (excludes halogenated alkanes) is 30. The molecule has 0 atom stereocenters. The molecule has 292 valence electrons. The zero-order valence-corrected chi connectivity index (χ0v) is 34.7. The van der Waals surface area contributed by atoms with Gasteiger partial charge in [-0.25, -0.2) is 0 Å². The van der Waals surface area contributed by atoms with Gasteiger partial charge < -0.3 is 9.47 Å². The van der Waals surface area contributed by atoms with Gasteiger partial charge in [-0.15, -0.1) is 0 Å². The normalized spacial score (nSPS) is 11.3. The van der Waals surface area contributed by atoms with Crippen molar-refractivity contribution in [2.45, 2.75) is 229 Å². The quantitative estimate of drug-likeness (QED) is 0.0643. The molecule has 0 bridgehead atoms. The Morgan fingerprint density at radius 1 is 0.294 bits per heavy atom. The van der Waals surface area contributed by atoms with Crippen LogP contribution in [0.15, 0.2) is 58.3 Å². The molecule has 2 aromatic rings. The molecule has 0 saturated carbocycles. The molecule has 0 spiro atoms. The summed E-state index contributed by atoms with van der Waals surface area (Å²) < 4.78 is 12.1. The first-order chi connectivity index (χ1) is 25.3.